The monoisotopic (exact) mass is 321 g/mol. The molecule has 3 nitrogen and oxygen atoms in total. The highest BCUT2D eigenvalue weighted by molar-refractivity contribution is 7.98. The molecule has 1 atom stereocenters. The molecule has 0 aliphatic carbocycles. The number of carbonyl (C=O) groups is 1. The van der Waals surface area contributed by atoms with Crippen LogP contribution in [0.2, 0.25) is 5.02 Å². The lowest BCUT2D eigenvalue weighted by atomic mass is 10.2. The molecular weight excluding hydrogens is 305 g/mol. The van der Waals surface area contributed by atoms with E-state index >= 15 is 0 Å². The Kier molecular flexibility index (Phi) is 7.00. The molecule has 0 bridgehead atoms. The van der Waals surface area contributed by atoms with Gasteiger partial charge in [-0.25, -0.2) is 0 Å². The van der Waals surface area contributed by atoms with Crippen LogP contribution in [0, 0.1) is 0 Å². The highest BCUT2D eigenvalue weighted by Crippen LogP contribution is 2.24. The predicted molar refractivity (Wildman–Crippen MR) is 81.7 cm³/mol. The summed E-state index contributed by atoms with van der Waals surface area (Å²) in [7, 11) is 3.28. The number of alkyl halides is 1. The Hall–Kier alpha value is -0.420. The van der Waals surface area contributed by atoms with E-state index in [1.807, 2.05) is 12.3 Å². The summed E-state index contributed by atoms with van der Waals surface area (Å²) >= 11 is 13.7. The summed E-state index contributed by atoms with van der Waals surface area (Å²) in [4.78, 5) is 14.9. The molecule has 0 aromatic heterocycles. The number of hydrogen-bond donors (Lipinski definition) is 0. The summed E-state index contributed by atoms with van der Waals surface area (Å²) in [6, 6.07) is 5.42. The Bertz CT molecular complexity index is 443. The van der Waals surface area contributed by atoms with Crippen molar-refractivity contribution in [1.82, 2.24) is 4.90 Å². The van der Waals surface area contributed by atoms with Gasteiger partial charge in [0.2, 0.25) is 0 Å². The maximum absolute atomic E-state index is 12.3. The third kappa shape index (κ3) is 4.88. The van der Waals surface area contributed by atoms with Crippen molar-refractivity contribution in [3.8, 4) is 0 Å². The third-order valence-electron chi connectivity index (χ3n) is 2.57. The quantitative estimate of drug-likeness (QED) is 0.594. The predicted octanol–water partition coefficient (Wildman–Crippen LogP) is 3.39. The SMILES string of the molecule is COCC(Cl)CN(C)C(=O)c1cc(SC)ccc1Cl. The van der Waals surface area contributed by atoms with Gasteiger partial charge in [0.25, 0.3) is 5.91 Å². The number of ether oxygens (including phenoxy) is 1. The number of carbonyl (C=O) groups excluding carboxylic acids is 1. The number of halogens is 2. The third-order valence-corrected chi connectivity index (χ3v) is 3.89. The molecule has 1 amide bonds. The number of benzene rings is 1. The van der Waals surface area contributed by atoms with Crippen molar-refractivity contribution >= 4 is 40.9 Å². The van der Waals surface area contributed by atoms with Crippen LogP contribution < -0.4 is 0 Å². The van der Waals surface area contributed by atoms with Crippen molar-refractivity contribution in [3.63, 3.8) is 0 Å². The molecule has 6 heteroatoms. The zero-order valence-electron chi connectivity index (χ0n) is 11.2. The minimum atomic E-state index is -0.235. The first kappa shape index (κ1) is 16.6. The van der Waals surface area contributed by atoms with Crippen LogP contribution >= 0.6 is 35.0 Å². The minimum absolute atomic E-state index is 0.136. The second-order valence-electron chi connectivity index (χ2n) is 4.08. The molecule has 0 N–H and O–H groups in total. The fourth-order valence-corrected chi connectivity index (χ4v) is 2.59. The van der Waals surface area contributed by atoms with Crippen LogP contribution in [-0.2, 0) is 4.74 Å². The van der Waals surface area contributed by atoms with E-state index in [-0.39, 0.29) is 11.3 Å². The van der Waals surface area contributed by atoms with E-state index in [0.717, 1.165) is 4.90 Å². The second kappa shape index (κ2) is 8.00. The van der Waals surface area contributed by atoms with Crippen LogP contribution in [0.15, 0.2) is 23.1 Å². The Morgan fingerprint density at radius 3 is 2.79 bits per heavy atom. The fourth-order valence-electron chi connectivity index (χ4n) is 1.61. The van der Waals surface area contributed by atoms with E-state index in [9.17, 15) is 4.79 Å². The van der Waals surface area contributed by atoms with Gasteiger partial charge in [-0.2, -0.15) is 0 Å². The zero-order chi connectivity index (χ0) is 14.4. The number of rotatable bonds is 6. The lowest BCUT2D eigenvalue weighted by Crippen LogP contribution is -2.34. The van der Waals surface area contributed by atoms with Gasteiger partial charge in [-0.1, -0.05) is 11.6 Å². The summed E-state index contributed by atoms with van der Waals surface area (Å²) in [6.45, 7) is 0.811. The van der Waals surface area contributed by atoms with Crippen LogP contribution in [0.3, 0.4) is 0 Å². The van der Waals surface area contributed by atoms with Crippen LogP contribution in [0.4, 0.5) is 0 Å². The second-order valence-corrected chi connectivity index (χ2v) is 5.99. The largest absolute Gasteiger partial charge is 0.383 e. The maximum atomic E-state index is 12.3. The van der Waals surface area contributed by atoms with Crippen molar-refractivity contribution in [3.05, 3.63) is 28.8 Å². The minimum Gasteiger partial charge on any atom is -0.383 e. The highest BCUT2D eigenvalue weighted by Gasteiger charge is 2.18. The van der Waals surface area contributed by atoms with E-state index in [2.05, 4.69) is 0 Å². The fraction of sp³-hybridized carbons (Fsp3) is 0.462. The molecular formula is C13H17Cl2NO2S. The van der Waals surface area contributed by atoms with E-state index in [0.29, 0.717) is 23.7 Å². The van der Waals surface area contributed by atoms with Gasteiger partial charge in [0.05, 0.1) is 22.6 Å². The first-order valence-electron chi connectivity index (χ1n) is 5.71. The van der Waals surface area contributed by atoms with Crippen LogP contribution in [0.25, 0.3) is 0 Å². The Morgan fingerprint density at radius 2 is 2.21 bits per heavy atom. The first-order valence-corrected chi connectivity index (χ1v) is 7.75. The summed E-state index contributed by atoms with van der Waals surface area (Å²) < 4.78 is 4.95. The van der Waals surface area contributed by atoms with E-state index in [1.54, 1.807) is 43.0 Å². The Labute approximate surface area is 128 Å². The first-order chi connectivity index (χ1) is 8.99. The van der Waals surface area contributed by atoms with Gasteiger partial charge < -0.3 is 9.64 Å². The van der Waals surface area contributed by atoms with Crippen LogP contribution in [0.1, 0.15) is 10.4 Å². The molecule has 19 heavy (non-hydrogen) atoms. The van der Waals surface area contributed by atoms with Gasteiger partial charge in [-0.3, -0.25) is 4.79 Å². The number of thioether (sulfide) groups is 1. The number of amides is 1. The summed E-state index contributed by atoms with van der Waals surface area (Å²) in [5.74, 6) is -0.136. The average molecular weight is 322 g/mol. The van der Waals surface area contributed by atoms with Gasteiger partial charge >= 0.3 is 0 Å². The van der Waals surface area contributed by atoms with Crippen LogP contribution in [0.5, 0.6) is 0 Å². The van der Waals surface area contributed by atoms with Gasteiger partial charge in [0.15, 0.2) is 0 Å². The van der Waals surface area contributed by atoms with Gasteiger partial charge in [0.1, 0.15) is 0 Å². The molecule has 0 aliphatic heterocycles. The maximum Gasteiger partial charge on any atom is 0.255 e. The van der Waals surface area contributed by atoms with Crippen molar-refractivity contribution < 1.29 is 9.53 Å². The summed E-state index contributed by atoms with van der Waals surface area (Å²) in [5.41, 5.74) is 0.498. The van der Waals surface area contributed by atoms with Crippen molar-refractivity contribution in [2.75, 3.05) is 33.6 Å². The van der Waals surface area contributed by atoms with Gasteiger partial charge in [0, 0.05) is 25.6 Å². The molecule has 1 rings (SSSR count). The highest BCUT2D eigenvalue weighted by atomic mass is 35.5. The molecule has 0 fully saturated rings. The van der Waals surface area contributed by atoms with Crippen molar-refractivity contribution in [1.29, 1.82) is 0 Å². The van der Waals surface area contributed by atoms with Crippen molar-refractivity contribution in [2.24, 2.45) is 0 Å². The van der Waals surface area contributed by atoms with Gasteiger partial charge in [-0.05, 0) is 24.5 Å². The summed E-state index contributed by atoms with van der Waals surface area (Å²) in [6.07, 6.45) is 1.95. The molecule has 0 saturated heterocycles. The van der Waals surface area contributed by atoms with Crippen molar-refractivity contribution in [2.45, 2.75) is 10.3 Å². The van der Waals surface area contributed by atoms with E-state index in [1.165, 1.54) is 0 Å². The standard InChI is InChI=1S/C13H17Cl2NO2S/c1-16(7-9(14)8-18-2)13(17)11-6-10(19-3)4-5-12(11)15/h4-6,9H,7-8H2,1-3H3. The number of methoxy groups -OCH3 is 1. The zero-order valence-corrected chi connectivity index (χ0v) is 13.5. The van der Waals surface area contributed by atoms with E-state index in [4.69, 9.17) is 27.9 Å². The van der Waals surface area contributed by atoms with Crippen LogP contribution in [-0.4, -0.2) is 49.7 Å². The molecule has 0 spiro atoms. The Morgan fingerprint density at radius 1 is 1.53 bits per heavy atom. The topological polar surface area (TPSA) is 29.5 Å². The molecule has 1 aromatic rings. The molecule has 0 heterocycles. The number of nitrogens with zero attached hydrogens (tertiary/aromatic N) is 1. The number of hydrogen-bond acceptors (Lipinski definition) is 3. The van der Waals surface area contributed by atoms with E-state index < -0.39 is 0 Å². The lowest BCUT2D eigenvalue weighted by Gasteiger charge is -2.20. The lowest BCUT2D eigenvalue weighted by molar-refractivity contribution is 0.0781. The molecule has 1 unspecified atom stereocenters. The molecule has 0 radical (unpaired) electrons. The average Bonchev–Trinajstić information content (AvgIpc) is 2.38. The molecule has 0 aliphatic rings. The Balaban J connectivity index is 2.81. The molecule has 106 valence electrons. The molecule has 0 saturated carbocycles. The normalized spacial score (nSPS) is 12.3. The summed E-state index contributed by atoms with van der Waals surface area (Å²) in [5, 5.41) is 0.217. The molecule has 1 aromatic carbocycles. The van der Waals surface area contributed by atoms with Gasteiger partial charge in [-0.15, -0.1) is 23.4 Å². The smallest absolute Gasteiger partial charge is 0.255 e.